The lowest BCUT2D eigenvalue weighted by Gasteiger charge is -2.03. The number of nitrogens with zero attached hydrogens (tertiary/aromatic N) is 2. The summed E-state index contributed by atoms with van der Waals surface area (Å²) in [7, 11) is 0. The van der Waals surface area contributed by atoms with Gasteiger partial charge in [-0.1, -0.05) is 0 Å². The van der Waals surface area contributed by atoms with Gasteiger partial charge in [0.1, 0.15) is 5.82 Å². The van der Waals surface area contributed by atoms with E-state index in [1.807, 2.05) is 13.0 Å². The largest absolute Gasteiger partial charge is 0.264 e. The van der Waals surface area contributed by atoms with E-state index in [-0.39, 0.29) is 5.82 Å². The molecule has 2 rings (SSSR count). The van der Waals surface area contributed by atoms with Crippen LogP contribution in [-0.2, 0) is 0 Å². The maximum absolute atomic E-state index is 12.9. The molecule has 0 N–H and O–H groups in total. The van der Waals surface area contributed by atoms with Crippen molar-refractivity contribution >= 4 is 0 Å². The molecule has 0 unspecified atom stereocenters. The van der Waals surface area contributed by atoms with E-state index >= 15 is 0 Å². The third-order valence-corrected chi connectivity index (χ3v) is 2.02. The third-order valence-electron chi connectivity index (χ3n) is 2.02. The van der Waals surface area contributed by atoms with Gasteiger partial charge < -0.3 is 0 Å². The summed E-state index contributed by atoms with van der Waals surface area (Å²) in [4.78, 5) is 8.07. The highest BCUT2D eigenvalue weighted by molar-refractivity contribution is 5.62. The van der Waals surface area contributed by atoms with Gasteiger partial charge in [-0.2, -0.15) is 0 Å². The summed E-state index contributed by atoms with van der Waals surface area (Å²) >= 11 is 0. The van der Waals surface area contributed by atoms with Gasteiger partial charge in [0.2, 0.25) is 0 Å². The molecule has 0 aliphatic rings. The van der Waals surface area contributed by atoms with Gasteiger partial charge >= 0.3 is 0 Å². The number of hydrogen-bond acceptors (Lipinski definition) is 2. The Balaban J connectivity index is 2.55. The van der Waals surface area contributed by atoms with Crippen LogP contribution in [-0.4, -0.2) is 9.97 Å². The number of pyridine rings is 2. The van der Waals surface area contributed by atoms with Gasteiger partial charge in [0.05, 0.1) is 5.69 Å². The van der Waals surface area contributed by atoms with E-state index in [4.69, 9.17) is 0 Å². The van der Waals surface area contributed by atoms with Crippen LogP contribution >= 0.6 is 0 Å². The SMILES string of the molecule is Cc1cnccc1-c1cc(F)ccn1. The molecule has 0 radical (unpaired) electrons. The third kappa shape index (κ3) is 1.62. The summed E-state index contributed by atoms with van der Waals surface area (Å²) in [6.45, 7) is 1.93. The fourth-order valence-corrected chi connectivity index (χ4v) is 1.31. The molecule has 0 saturated heterocycles. The summed E-state index contributed by atoms with van der Waals surface area (Å²) in [6.07, 6.45) is 4.88. The zero-order chi connectivity index (χ0) is 9.97. The van der Waals surface area contributed by atoms with Crippen LogP contribution in [0.3, 0.4) is 0 Å². The molecule has 0 saturated carbocycles. The van der Waals surface area contributed by atoms with Crippen LogP contribution in [0.25, 0.3) is 11.3 Å². The van der Waals surface area contributed by atoms with Crippen LogP contribution in [0, 0.1) is 12.7 Å². The first-order valence-corrected chi connectivity index (χ1v) is 4.30. The Kier molecular flexibility index (Phi) is 2.23. The highest BCUT2D eigenvalue weighted by atomic mass is 19.1. The van der Waals surface area contributed by atoms with Gasteiger partial charge in [0.25, 0.3) is 0 Å². The van der Waals surface area contributed by atoms with Crippen LogP contribution in [0.5, 0.6) is 0 Å². The Morgan fingerprint density at radius 2 is 2.07 bits per heavy atom. The lowest BCUT2D eigenvalue weighted by Crippen LogP contribution is -1.88. The fraction of sp³-hybridized carbons (Fsp3) is 0.0909. The zero-order valence-electron chi connectivity index (χ0n) is 7.74. The van der Waals surface area contributed by atoms with Crippen LogP contribution in [0.2, 0.25) is 0 Å². The summed E-state index contributed by atoms with van der Waals surface area (Å²) in [6, 6.07) is 4.58. The Bertz CT molecular complexity index is 455. The Labute approximate surface area is 81.5 Å². The molecule has 0 spiro atoms. The number of hydrogen-bond donors (Lipinski definition) is 0. The van der Waals surface area contributed by atoms with Crippen molar-refractivity contribution in [3.8, 4) is 11.3 Å². The van der Waals surface area contributed by atoms with E-state index in [0.29, 0.717) is 5.69 Å². The van der Waals surface area contributed by atoms with Crippen molar-refractivity contribution in [3.63, 3.8) is 0 Å². The number of aryl methyl sites for hydroxylation is 1. The monoisotopic (exact) mass is 188 g/mol. The van der Waals surface area contributed by atoms with Crippen LogP contribution in [0.4, 0.5) is 4.39 Å². The number of halogens is 1. The van der Waals surface area contributed by atoms with Crippen molar-refractivity contribution < 1.29 is 4.39 Å². The van der Waals surface area contributed by atoms with E-state index < -0.39 is 0 Å². The van der Waals surface area contributed by atoms with Gasteiger partial charge in [0, 0.05) is 30.2 Å². The second-order valence-electron chi connectivity index (χ2n) is 3.05. The summed E-state index contributed by atoms with van der Waals surface area (Å²) < 4.78 is 12.9. The second kappa shape index (κ2) is 3.54. The predicted molar refractivity (Wildman–Crippen MR) is 52.2 cm³/mol. The number of aromatic nitrogens is 2. The molecular formula is C11H9FN2. The molecule has 0 atom stereocenters. The van der Waals surface area contributed by atoms with Gasteiger partial charge in [-0.25, -0.2) is 4.39 Å². The molecule has 0 aliphatic heterocycles. The van der Waals surface area contributed by atoms with Crippen molar-refractivity contribution in [2.24, 2.45) is 0 Å². The van der Waals surface area contributed by atoms with Crippen LogP contribution in [0.15, 0.2) is 36.8 Å². The number of rotatable bonds is 1. The van der Waals surface area contributed by atoms with E-state index in [2.05, 4.69) is 9.97 Å². The Hall–Kier alpha value is -1.77. The van der Waals surface area contributed by atoms with Crippen molar-refractivity contribution in [1.29, 1.82) is 0 Å². The van der Waals surface area contributed by atoms with Gasteiger partial charge in [-0.3, -0.25) is 9.97 Å². The maximum atomic E-state index is 12.9. The second-order valence-corrected chi connectivity index (χ2v) is 3.05. The van der Waals surface area contributed by atoms with E-state index in [0.717, 1.165) is 11.1 Å². The molecule has 2 aromatic heterocycles. The predicted octanol–water partition coefficient (Wildman–Crippen LogP) is 2.59. The minimum atomic E-state index is -0.272. The molecule has 2 heterocycles. The molecule has 14 heavy (non-hydrogen) atoms. The minimum Gasteiger partial charge on any atom is -0.264 e. The highest BCUT2D eigenvalue weighted by Crippen LogP contribution is 2.19. The molecule has 0 aromatic carbocycles. The molecule has 3 heteroatoms. The van der Waals surface area contributed by atoms with Crippen LogP contribution in [0.1, 0.15) is 5.56 Å². The first-order valence-electron chi connectivity index (χ1n) is 4.30. The fourth-order valence-electron chi connectivity index (χ4n) is 1.31. The van der Waals surface area contributed by atoms with E-state index in [1.54, 1.807) is 12.4 Å². The molecule has 0 amide bonds. The first-order chi connectivity index (χ1) is 6.77. The summed E-state index contributed by atoms with van der Waals surface area (Å²) in [5, 5.41) is 0. The minimum absolute atomic E-state index is 0.272. The molecule has 0 bridgehead atoms. The van der Waals surface area contributed by atoms with Crippen molar-refractivity contribution in [1.82, 2.24) is 9.97 Å². The topological polar surface area (TPSA) is 25.8 Å². The molecule has 70 valence electrons. The van der Waals surface area contributed by atoms with Crippen molar-refractivity contribution in [3.05, 3.63) is 48.2 Å². The molecule has 0 aliphatic carbocycles. The standard InChI is InChI=1S/C11H9FN2/c1-8-7-13-4-3-10(8)11-6-9(12)2-5-14-11/h2-7H,1H3. The lowest BCUT2D eigenvalue weighted by atomic mass is 10.1. The highest BCUT2D eigenvalue weighted by Gasteiger charge is 2.03. The van der Waals surface area contributed by atoms with Gasteiger partial charge in [-0.15, -0.1) is 0 Å². The van der Waals surface area contributed by atoms with Gasteiger partial charge in [0.15, 0.2) is 0 Å². The van der Waals surface area contributed by atoms with Crippen molar-refractivity contribution in [2.45, 2.75) is 6.92 Å². The summed E-state index contributed by atoms with van der Waals surface area (Å²) in [5.74, 6) is -0.272. The molecular weight excluding hydrogens is 179 g/mol. The maximum Gasteiger partial charge on any atom is 0.126 e. The zero-order valence-corrected chi connectivity index (χ0v) is 7.74. The van der Waals surface area contributed by atoms with Crippen molar-refractivity contribution in [2.75, 3.05) is 0 Å². The smallest absolute Gasteiger partial charge is 0.126 e. The quantitative estimate of drug-likeness (QED) is 0.687. The lowest BCUT2D eigenvalue weighted by molar-refractivity contribution is 0.626. The Morgan fingerprint density at radius 3 is 2.79 bits per heavy atom. The van der Waals surface area contributed by atoms with E-state index in [1.165, 1.54) is 18.3 Å². The van der Waals surface area contributed by atoms with E-state index in [9.17, 15) is 4.39 Å². The first kappa shape index (κ1) is 8.81. The molecule has 2 nitrogen and oxygen atoms in total. The average Bonchev–Trinajstić information content (AvgIpc) is 2.18. The normalized spacial score (nSPS) is 10.1. The molecule has 0 fully saturated rings. The molecule has 2 aromatic rings. The summed E-state index contributed by atoms with van der Waals surface area (Å²) in [5.41, 5.74) is 2.55. The van der Waals surface area contributed by atoms with Gasteiger partial charge in [-0.05, 0) is 24.6 Å². The Morgan fingerprint density at radius 1 is 1.21 bits per heavy atom. The average molecular weight is 188 g/mol. The van der Waals surface area contributed by atoms with Crippen LogP contribution < -0.4 is 0 Å².